The van der Waals surface area contributed by atoms with E-state index in [-0.39, 0.29) is 5.97 Å². The first-order valence-electron chi connectivity index (χ1n) is 7.66. The van der Waals surface area contributed by atoms with Gasteiger partial charge in [-0.05, 0) is 38.1 Å². The molecule has 1 fully saturated rings. The maximum Gasteiger partial charge on any atom is 0.327 e. The molecular formula is C15H30N2O2. The maximum atomic E-state index is 12.2. The van der Waals surface area contributed by atoms with Gasteiger partial charge in [-0.15, -0.1) is 0 Å². The summed E-state index contributed by atoms with van der Waals surface area (Å²) < 4.78 is 5.19. The molecule has 0 radical (unpaired) electrons. The minimum Gasteiger partial charge on any atom is -0.465 e. The maximum absolute atomic E-state index is 12.2. The average Bonchev–Trinajstić information content (AvgIpc) is 3.22. The van der Waals surface area contributed by atoms with E-state index in [9.17, 15) is 4.79 Å². The Bertz CT molecular complexity index is 292. The number of carbonyl (C=O) groups is 1. The molecule has 0 aliphatic heterocycles. The summed E-state index contributed by atoms with van der Waals surface area (Å²) in [7, 11) is 0. The summed E-state index contributed by atoms with van der Waals surface area (Å²) >= 11 is 0. The SMILES string of the molecule is CCOC(=O)C(N)(CN(CC)CC(C)CC)C1CC1. The van der Waals surface area contributed by atoms with E-state index in [1.807, 2.05) is 6.92 Å². The fourth-order valence-electron chi connectivity index (χ4n) is 2.47. The van der Waals surface area contributed by atoms with Crippen molar-refractivity contribution in [3.8, 4) is 0 Å². The van der Waals surface area contributed by atoms with Crippen molar-refractivity contribution in [3.05, 3.63) is 0 Å². The Kier molecular flexibility index (Phi) is 6.27. The zero-order chi connectivity index (χ0) is 14.5. The van der Waals surface area contributed by atoms with Gasteiger partial charge in [-0.1, -0.05) is 27.2 Å². The van der Waals surface area contributed by atoms with Gasteiger partial charge in [0.25, 0.3) is 0 Å². The first kappa shape index (κ1) is 16.4. The lowest BCUT2D eigenvalue weighted by Crippen LogP contribution is -2.59. The number of carbonyl (C=O) groups excluding carboxylic acids is 1. The van der Waals surface area contributed by atoms with Crippen molar-refractivity contribution in [1.29, 1.82) is 0 Å². The Hall–Kier alpha value is -0.610. The van der Waals surface area contributed by atoms with Crippen molar-refractivity contribution < 1.29 is 9.53 Å². The van der Waals surface area contributed by atoms with Gasteiger partial charge in [0.05, 0.1) is 6.61 Å². The van der Waals surface area contributed by atoms with Crippen LogP contribution < -0.4 is 5.73 Å². The second-order valence-electron chi connectivity index (χ2n) is 5.88. The van der Waals surface area contributed by atoms with Crippen LogP contribution in [0.15, 0.2) is 0 Å². The van der Waals surface area contributed by atoms with Crippen LogP contribution in [0, 0.1) is 11.8 Å². The fraction of sp³-hybridized carbons (Fsp3) is 0.933. The molecule has 1 saturated carbocycles. The number of nitrogens with two attached hydrogens (primary N) is 1. The van der Waals surface area contributed by atoms with E-state index in [2.05, 4.69) is 25.7 Å². The molecule has 0 saturated heterocycles. The summed E-state index contributed by atoms with van der Waals surface area (Å²) in [5, 5.41) is 0. The molecule has 2 unspecified atom stereocenters. The van der Waals surface area contributed by atoms with Gasteiger partial charge in [0.15, 0.2) is 0 Å². The number of hydrogen-bond donors (Lipinski definition) is 1. The zero-order valence-electron chi connectivity index (χ0n) is 12.9. The monoisotopic (exact) mass is 270 g/mol. The molecule has 1 aliphatic rings. The Balaban J connectivity index is 2.67. The van der Waals surface area contributed by atoms with Gasteiger partial charge in [-0.2, -0.15) is 0 Å². The van der Waals surface area contributed by atoms with Crippen LogP contribution in [0.2, 0.25) is 0 Å². The Morgan fingerprint density at radius 3 is 2.47 bits per heavy atom. The predicted octanol–water partition coefficient (Wildman–Crippen LogP) is 2.02. The number of likely N-dealkylation sites (N-methyl/N-ethyl adjacent to an activating group) is 1. The zero-order valence-corrected chi connectivity index (χ0v) is 12.9. The van der Waals surface area contributed by atoms with Crippen molar-refractivity contribution in [1.82, 2.24) is 4.90 Å². The standard InChI is InChI=1S/C15H30N2O2/c1-5-12(4)10-17(6-2)11-15(16,13-8-9-13)14(18)19-7-3/h12-13H,5-11,16H2,1-4H3. The molecule has 0 amide bonds. The first-order chi connectivity index (χ1) is 8.97. The summed E-state index contributed by atoms with van der Waals surface area (Å²) in [6, 6.07) is 0. The summed E-state index contributed by atoms with van der Waals surface area (Å²) in [5.41, 5.74) is 5.60. The van der Waals surface area contributed by atoms with Crippen molar-refractivity contribution in [2.45, 2.75) is 52.5 Å². The highest BCUT2D eigenvalue weighted by Crippen LogP contribution is 2.39. The largest absolute Gasteiger partial charge is 0.465 e. The number of esters is 1. The molecule has 2 N–H and O–H groups in total. The molecule has 0 aromatic rings. The third-order valence-electron chi connectivity index (χ3n) is 4.16. The van der Waals surface area contributed by atoms with E-state index in [4.69, 9.17) is 10.5 Å². The van der Waals surface area contributed by atoms with E-state index in [1.165, 1.54) is 0 Å². The van der Waals surface area contributed by atoms with Crippen molar-refractivity contribution in [2.24, 2.45) is 17.6 Å². The van der Waals surface area contributed by atoms with Crippen molar-refractivity contribution in [3.63, 3.8) is 0 Å². The summed E-state index contributed by atoms with van der Waals surface area (Å²) in [6.45, 7) is 11.3. The molecule has 2 atom stereocenters. The molecule has 0 heterocycles. The predicted molar refractivity (Wildman–Crippen MR) is 77.8 cm³/mol. The second kappa shape index (κ2) is 7.25. The third-order valence-corrected chi connectivity index (χ3v) is 4.16. The number of hydrogen-bond acceptors (Lipinski definition) is 4. The average molecular weight is 270 g/mol. The summed E-state index contributed by atoms with van der Waals surface area (Å²) in [4.78, 5) is 14.5. The van der Waals surface area contributed by atoms with Gasteiger partial charge in [0.1, 0.15) is 5.54 Å². The summed E-state index contributed by atoms with van der Waals surface area (Å²) in [6.07, 6.45) is 3.25. The van der Waals surface area contributed by atoms with Gasteiger partial charge < -0.3 is 15.4 Å². The Morgan fingerprint density at radius 1 is 1.42 bits per heavy atom. The van der Waals surface area contributed by atoms with Gasteiger partial charge >= 0.3 is 5.97 Å². The third kappa shape index (κ3) is 4.46. The van der Waals surface area contributed by atoms with E-state index < -0.39 is 5.54 Å². The van der Waals surface area contributed by atoms with Gasteiger partial charge in [-0.3, -0.25) is 0 Å². The minimum atomic E-state index is -0.806. The topological polar surface area (TPSA) is 55.6 Å². The van der Waals surface area contributed by atoms with Crippen LogP contribution in [0.5, 0.6) is 0 Å². The van der Waals surface area contributed by atoms with Gasteiger partial charge in [-0.25, -0.2) is 4.79 Å². The molecule has 4 nitrogen and oxygen atoms in total. The normalized spacial score (nSPS) is 20.1. The number of ether oxygens (including phenoxy) is 1. The quantitative estimate of drug-likeness (QED) is 0.651. The number of rotatable bonds is 9. The van der Waals surface area contributed by atoms with E-state index >= 15 is 0 Å². The van der Waals surface area contributed by atoms with Crippen LogP contribution in [-0.2, 0) is 9.53 Å². The van der Waals surface area contributed by atoms with E-state index in [0.717, 1.165) is 32.4 Å². The Morgan fingerprint density at radius 2 is 2.05 bits per heavy atom. The minimum absolute atomic E-state index is 0.222. The highest BCUT2D eigenvalue weighted by atomic mass is 16.5. The van der Waals surface area contributed by atoms with Gasteiger partial charge in [0, 0.05) is 13.1 Å². The van der Waals surface area contributed by atoms with Crippen LogP contribution in [0.25, 0.3) is 0 Å². The number of nitrogens with zero attached hydrogens (tertiary/aromatic N) is 1. The molecular weight excluding hydrogens is 240 g/mol. The molecule has 19 heavy (non-hydrogen) atoms. The Labute approximate surface area is 117 Å². The molecule has 0 spiro atoms. The van der Waals surface area contributed by atoms with E-state index in [1.54, 1.807) is 0 Å². The molecule has 0 bridgehead atoms. The highest BCUT2D eigenvalue weighted by Gasteiger charge is 2.49. The van der Waals surface area contributed by atoms with Crippen LogP contribution in [0.1, 0.15) is 47.0 Å². The van der Waals surface area contributed by atoms with Crippen molar-refractivity contribution >= 4 is 5.97 Å². The molecule has 112 valence electrons. The molecule has 1 aliphatic carbocycles. The van der Waals surface area contributed by atoms with Crippen LogP contribution >= 0.6 is 0 Å². The molecule has 1 rings (SSSR count). The van der Waals surface area contributed by atoms with Crippen LogP contribution in [0.3, 0.4) is 0 Å². The fourth-order valence-corrected chi connectivity index (χ4v) is 2.47. The van der Waals surface area contributed by atoms with Crippen molar-refractivity contribution in [2.75, 3.05) is 26.2 Å². The molecule has 4 heteroatoms. The lowest BCUT2D eigenvalue weighted by atomic mass is 9.93. The first-order valence-corrected chi connectivity index (χ1v) is 7.66. The smallest absolute Gasteiger partial charge is 0.327 e. The van der Waals surface area contributed by atoms with Crippen LogP contribution in [0.4, 0.5) is 0 Å². The molecule has 0 aromatic carbocycles. The van der Waals surface area contributed by atoms with Gasteiger partial charge in [0.2, 0.25) is 0 Å². The summed E-state index contributed by atoms with van der Waals surface area (Å²) in [5.74, 6) is 0.711. The lowest BCUT2D eigenvalue weighted by Gasteiger charge is -2.34. The van der Waals surface area contributed by atoms with E-state index in [0.29, 0.717) is 25.0 Å². The highest BCUT2D eigenvalue weighted by molar-refractivity contribution is 5.82. The lowest BCUT2D eigenvalue weighted by molar-refractivity contribution is -0.151. The van der Waals surface area contributed by atoms with Crippen LogP contribution in [-0.4, -0.2) is 42.6 Å². The second-order valence-corrected chi connectivity index (χ2v) is 5.88. The molecule has 0 aromatic heterocycles.